The highest BCUT2D eigenvalue weighted by molar-refractivity contribution is 7.90. The van der Waals surface area contributed by atoms with Crippen LogP contribution in [0.5, 0.6) is 0 Å². The number of hydrogen-bond donors (Lipinski definition) is 2. The van der Waals surface area contributed by atoms with Crippen LogP contribution < -0.4 is 10.0 Å². The number of thiophene rings is 1. The molecule has 2 aromatic rings. The number of sulfonamides is 1. The van der Waals surface area contributed by atoms with Gasteiger partial charge in [-0.25, -0.2) is 44.8 Å². The standard InChI is InChI=1S/C22H23F5N6O3S2/c1-33-17(6-15(31-33)19(24)25)29-9-28-10-2-3-16-13(4-10)18(21(37-16)30-20(34)12-5-14(12)23)38(35,36)32-11-7-22(26,27)8-11/h6,10-12,14,19,32H,2-5,7-8H2,1H3,(H,30,34)/t10-,12-,14-/m0/s1. The Balaban J connectivity index is 1.40. The number of halogens is 5. The van der Waals surface area contributed by atoms with Gasteiger partial charge in [0.05, 0.1) is 18.0 Å². The number of aromatic nitrogens is 2. The van der Waals surface area contributed by atoms with Crippen molar-refractivity contribution in [1.82, 2.24) is 14.5 Å². The normalized spacial score (nSPS) is 24.3. The second kappa shape index (κ2) is 9.81. The van der Waals surface area contributed by atoms with Crippen LogP contribution in [0.1, 0.15) is 48.2 Å². The van der Waals surface area contributed by atoms with E-state index in [1.165, 1.54) is 7.05 Å². The molecule has 2 aromatic heterocycles. The summed E-state index contributed by atoms with van der Waals surface area (Å²) in [6.07, 6.45) is -4.21. The summed E-state index contributed by atoms with van der Waals surface area (Å²) >= 11 is 1.06. The highest BCUT2D eigenvalue weighted by Crippen LogP contribution is 2.44. The molecule has 0 unspecified atom stereocenters. The molecule has 2 N–H and O–H groups in total. The predicted molar refractivity (Wildman–Crippen MR) is 128 cm³/mol. The first-order valence-electron chi connectivity index (χ1n) is 11.8. The Morgan fingerprint density at radius 1 is 1.34 bits per heavy atom. The molecule has 3 aliphatic carbocycles. The number of hydrogen-bond acceptors (Lipinski definition) is 7. The summed E-state index contributed by atoms with van der Waals surface area (Å²) in [5, 5.41) is 6.19. The maximum Gasteiger partial charge on any atom is 0.282 e. The average Bonchev–Trinajstić information content (AvgIpc) is 3.25. The van der Waals surface area contributed by atoms with Crippen molar-refractivity contribution in [2.24, 2.45) is 23.0 Å². The van der Waals surface area contributed by atoms with Gasteiger partial charge in [0.25, 0.3) is 12.3 Å². The van der Waals surface area contributed by atoms with Gasteiger partial charge in [0.15, 0.2) is 5.82 Å². The van der Waals surface area contributed by atoms with Gasteiger partial charge in [-0.3, -0.25) is 4.79 Å². The van der Waals surface area contributed by atoms with Crippen molar-refractivity contribution >= 4 is 44.1 Å². The summed E-state index contributed by atoms with van der Waals surface area (Å²) < 4.78 is 95.9. The van der Waals surface area contributed by atoms with Crippen molar-refractivity contribution in [3.63, 3.8) is 0 Å². The van der Waals surface area contributed by atoms with Gasteiger partial charge < -0.3 is 5.32 Å². The number of fused-ring (bicyclic) bond motifs is 1. The van der Waals surface area contributed by atoms with E-state index in [1.54, 1.807) is 0 Å². The number of rotatable bonds is 8. The number of carbonyl (C=O) groups is 1. The van der Waals surface area contributed by atoms with Crippen LogP contribution in [-0.4, -0.2) is 54.3 Å². The number of aliphatic imine (C=N–C) groups is 2. The first-order valence-corrected chi connectivity index (χ1v) is 14.1. The van der Waals surface area contributed by atoms with Crippen LogP contribution >= 0.6 is 11.3 Å². The summed E-state index contributed by atoms with van der Waals surface area (Å²) in [7, 11) is -2.87. The Kier molecular flexibility index (Phi) is 6.95. The topological polar surface area (TPSA) is 118 Å². The molecule has 3 atom stereocenters. The van der Waals surface area contributed by atoms with E-state index >= 15 is 0 Å². The molecular formula is C22H23F5N6O3S2. The lowest BCUT2D eigenvalue weighted by atomic mass is 9.89. The number of amides is 1. The fraction of sp³-hybridized carbons (Fsp3) is 0.591. The van der Waals surface area contributed by atoms with E-state index in [2.05, 4.69) is 31.1 Å². The molecule has 2 heterocycles. The molecule has 0 aromatic carbocycles. The number of carbonyl (C=O) groups excluding carboxylic acids is 1. The fourth-order valence-corrected chi connectivity index (χ4v) is 7.74. The lowest BCUT2D eigenvalue weighted by Gasteiger charge is -2.35. The molecule has 0 bridgehead atoms. The molecule has 5 rings (SSSR count). The molecule has 1 amide bonds. The zero-order chi connectivity index (χ0) is 27.4. The van der Waals surface area contributed by atoms with Crippen molar-refractivity contribution < 1.29 is 35.2 Å². The number of nitrogens with zero attached hydrogens (tertiary/aromatic N) is 4. The van der Waals surface area contributed by atoms with Crippen LogP contribution in [0.25, 0.3) is 0 Å². The van der Waals surface area contributed by atoms with E-state index in [9.17, 15) is 35.2 Å². The maximum absolute atomic E-state index is 13.4. The number of aryl methyl sites for hydroxylation is 2. The van der Waals surface area contributed by atoms with Gasteiger partial charge in [0.2, 0.25) is 15.9 Å². The van der Waals surface area contributed by atoms with Gasteiger partial charge in [0, 0.05) is 36.9 Å². The third kappa shape index (κ3) is 5.53. The molecule has 0 aliphatic heterocycles. The van der Waals surface area contributed by atoms with Gasteiger partial charge >= 0.3 is 0 Å². The van der Waals surface area contributed by atoms with Gasteiger partial charge in [-0.05, 0) is 31.2 Å². The van der Waals surface area contributed by atoms with Crippen molar-refractivity contribution in [3.8, 4) is 0 Å². The van der Waals surface area contributed by atoms with E-state index in [0.29, 0.717) is 23.3 Å². The molecule has 2 saturated carbocycles. The predicted octanol–water partition coefficient (Wildman–Crippen LogP) is 4.15. The minimum Gasteiger partial charge on any atom is -0.316 e. The Bertz CT molecular complexity index is 1420. The van der Waals surface area contributed by atoms with Crippen LogP contribution in [-0.2, 0) is 34.7 Å². The zero-order valence-electron chi connectivity index (χ0n) is 19.9. The lowest BCUT2D eigenvalue weighted by Crippen LogP contribution is -2.50. The van der Waals surface area contributed by atoms with Crippen LogP contribution in [0.3, 0.4) is 0 Å². The lowest BCUT2D eigenvalue weighted by molar-refractivity contribution is -0.117. The maximum atomic E-state index is 13.4. The number of alkyl halides is 5. The highest BCUT2D eigenvalue weighted by atomic mass is 32.2. The molecule has 3 aliphatic rings. The Morgan fingerprint density at radius 2 is 2.05 bits per heavy atom. The van der Waals surface area contributed by atoms with Crippen molar-refractivity contribution in [3.05, 3.63) is 22.2 Å². The van der Waals surface area contributed by atoms with E-state index in [0.717, 1.165) is 22.1 Å². The first-order chi connectivity index (χ1) is 17.8. The summed E-state index contributed by atoms with van der Waals surface area (Å²) in [6, 6.07) is 2.15. The molecule has 9 nitrogen and oxygen atoms in total. The molecule has 38 heavy (non-hydrogen) atoms. The Hall–Kier alpha value is -2.68. The second-order valence-corrected chi connectivity index (χ2v) is 12.4. The summed E-state index contributed by atoms with van der Waals surface area (Å²) in [5.41, 5.74) is -0.0566. The smallest absolute Gasteiger partial charge is 0.282 e. The minimum absolute atomic E-state index is 0.0189. The molecule has 206 valence electrons. The van der Waals surface area contributed by atoms with Crippen molar-refractivity contribution in [2.75, 3.05) is 5.32 Å². The average molecular weight is 579 g/mol. The van der Waals surface area contributed by atoms with Crippen molar-refractivity contribution in [1.29, 1.82) is 0 Å². The molecular weight excluding hydrogens is 555 g/mol. The molecule has 0 saturated heterocycles. The van der Waals surface area contributed by atoms with Crippen LogP contribution in [0.4, 0.5) is 32.8 Å². The van der Waals surface area contributed by atoms with Gasteiger partial charge in [-0.15, -0.1) is 11.3 Å². The monoisotopic (exact) mass is 578 g/mol. The molecule has 0 radical (unpaired) electrons. The summed E-state index contributed by atoms with van der Waals surface area (Å²) in [4.78, 5) is 21.0. The fourth-order valence-electron chi connectivity index (χ4n) is 4.53. The highest BCUT2D eigenvalue weighted by Gasteiger charge is 2.48. The zero-order valence-corrected chi connectivity index (χ0v) is 21.6. The van der Waals surface area contributed by atoms with Crippen LogP contribution in [0.15, 0.2) is 20.9 Å². The molecule has 16 heteroatoms. The quantitative estimate of drug-likeness (QED) is 0.361. The Morgan fingerprint density at radius 3 is 2.66 bits per heavy atom. The van der Waals surface area contributed by atoms with E-state index in [-0.39, 0.29) is 28.6 Å². The summed E-state index contributed by atoms with van der Waals surface area (Å²) in [6.45, 7) is 0. The second-order valence-electron chi connectivity index (χ2n) is 9.68. The van der Waals surface area contributed by atoms with Crippen LogP contribution in [0, 0.1) is 5.92 Å². The third-order valence-corrected chi connectivity index (χ3v) is 9.62. The minimum atomic E-state index is -4.31. The SMILES string of the molecule is Cn1nc(C(F)F)cc1N=C=N[C@H]1CCc2sc(NC(=O)[C@H]3C[C@@H]3F)c(S(=O)(=O)NC3CC(F)(F)C3)c2C1. The van der Waals surface area contributed by atoms with E-state index in [1.807, 2.05) is 0 Å². The summed E-state index contributed by atoms with van der Waals surface area (Å²) in [5.74, 6) is -4.32. The largest absolute Gasteiger partial charge is 0.316 e. The van der Waals surface area contributed by atoms with Crippen molar-refractivity contribution in [2.45, 2.75) is 74.0 Å². The number of anilines is 1. The van der Waals surface area contributed by atoms with Gasteiger partial charge in [-0.2, -0.15) is 10.1 Å². The van der Waals surface area contributed by atoms with E-state index in [4.69, 9.17) is 0 Å². The molecule has 0 spiro atoms. The van der Waals surface area contributed by atoms with E-state index < -0.39 is 71.0 Å². The third-order valence-electron chi connectivity index (χ3n) is 6.66. The van der Waals surface area contributed by atoms with Gasteiger partial charge in [-0.1, -0.05) is 0 Å². The van der Waals surface area contributed by atoms with Crippen LogP contribution in [0.2, 0.25) is 0 Å². The van der Waals surface area contributed by atoms with Gasteiger partial charge in [0.1, 0.15) is 21.8 Å². The molecule has 2 fully saturated rings. The first kappa shape index (κ1) is 26.9. The Labute approximate surface area is 218 Å². The number of nitrogens with one attached hydrogen (secondary N) is 2.